The number of aryl methyl sites for hydroxylation is 1. The van der Waals surface area contributed by atoms with Gasteiger partial charge in [0.15, 0.2) is 0 Å². The summed E-state index contributed by atoms with van der Waals surface area (Å²) in [4.78, 5) is 0. The van der Waals surface area contributed by atoms with E-state index in [0.717, 1.165) is 30.0 Å². The van der Waals surface area contributed by atoms with Crippen LogP contribution in [0.25, 0.3) is 0 Å². The number of nitrogens with two attached hydrogens (primary N) is 1. The molecule has 0 atom stereocenters. The lowest BCUT2D eigenvalue weighted by molar-refractivity contribution is 0.305. The normalized spacial score (nSPS) is 10.3. The molecule has 1 rings (SSSR count). The highest BCUT2D eigenvalue weighted by atomic mass is 16.5. The minimum absolute atomic E-state index is 0.741. The van der Waals surface area contributed by atoms with Crippen molar-refractivity contribution in [2.45, 2.75) is 39.5 Å². The molecule has 0 aliphatic rings. The predicted molar refractivity (Wildman–Crippen MR) is 65.2 cm³/mol. The van der Waals surface area contributed by atoms with Crippen molar-refractivity contribution in [2.75, 3.05) is 12.3 Å². The summed E-state index contributed by atoms with van der Waals surface area (Å²) in [6.07, 6.45) is 4.89. The molecule has 15 heavy (non-hydrogen) atoms. The fraction of sp³-hybridized carbons (Fsp3) is 0.538. The van der Waals surface area contributed by atoms with E-state index in [0.29, 0.717) is 0 Å². The lowest BCUT2D eigenvalue weighted by atomic mass is 10.2. The van der Waals surface area contributed by atoms with Crippen molar-refractivity contribution < 1.29 is 4.74 Å². The molecule has 0 amide bonds. The number of anilines is 1. The van der Waals surface area contributed by atoms with E-state index in [9.17, 15) is 0 Å². The van der Waals surface area contributed by atoms with Gasteiger partial charge in [-0.25, -0.2) is 0 Å². The summed E-state index contributed by atoms with van der Waals surface area (Å²) in [5.74, 6) is 0.856. The SMILES string of the molecule is CCCCCCOc1c(C)cccc1N. The Kier molecular flexibility index (Phi) is 5.02. The first kappa shape index (κ1) is 11.9. The summed E-state index contributed by atoms with van der Waals surface area (Å²) in [6.45, 7) is 5.01. The van der Waals surface area contributed by atoms with Gasteiger partial charge in [0, 0.05) is 0 Å². The number of hydrogen-bond donors (Lipinski definition) is 1. The van der Waals surface area contributed by atoms with Gasteiger partial charge in [-0.1, -0.05) is 38.3 Å². The van der Waals surface area contributed by atoms with Crippen molar-refractivity contribution in [1.82, 2.24) is 0 Å². The van der Waals surface area contributed by atoms with Crippen molar-refractivity contribution in [3.63, 3.8) is 0 Å². The third-order valence-electron chi connectivity index (χ3n) is 2.49. The van der Waals surface area contributed by atoms with Crippen molar-refractivity contribution >= 4 is 5.69 Å². The van der Waals surface area contributed by atoms with E-state index >= 15 is 0 Å². The second-order valence-electron chi connectivity index (χ2n) is 3.90. The zero-order valence-corrected chi connectivity index (χ0v) is 9.75. The number of ether oxygens (including phenoxy) is 1. The highest BCUT2D eigenvalue weighted by Gasteiger charge is 2.02. The molecule has 2 nitrogen and oxygen atoms in total. The maximum atomic E-state index is 5.84. The highest BCUT2D eigenvalue weighted by Crippen LogP contribution is 2.25. The monoisotopic (exact) mass is 207 g/mol. The van der Waals surface area contributed by atoms with Crippen molar-refractivity contribution in [2.24, 2.45) is 0 Å². The highest BCUT2D eigenvalue weighted by molar-refractivity contribution is 5.56. The first-order valence-corrected chi connectivity index (χ1v) is 5.73. The molecule has 0 radical (unpaired) electrons. The van der Waals surface area contributed by atoms with Gasteiger partial charge in [-0.15, -0.1) is 0 Å². The largest absolute Gasteiger partial charge is 0.491 e. The van der Waals surface area contributed by atoms with Gasteiger partial charge in [0.25, 0.3) is 0 Å². The van der Waals surface area contributed by atoms with Crippen LogP contribution in [-0.4, -0.2) is 6.61 Å². The van der Waals surface area contributed by atoms with Gasteiger partial charge in [0.05, 0.1) is 12.3 Å². The number of hydrogen-bond acceptors (Lipinski definition) is 2. The molecule has 0 saturated heterocycles. The van der Waals surface area contributed by atoms with Gasteiger partial charge in [-0.2, -0.15) is 0 Å². The Bertz CT molecular complexity index is 276. The van der Waals surface area contributed by atoms with Crippen LogP contribution in [0.1, 0.15) is 38.2 Å². The van der Waals surface area contributed by atoms with E-state index in [4.69, 9.17) is 10.5 Å². The Balaban J connectivity index is 2.37. The quantitative estimate of drug-likeness (QED) is 0.572. The van der Waals surface area contributed by atoms with Gasteiger partial charge in [0.1, 0.15) is 5.75 Å². The lowest BCUT2D eigenvalue weighted by Gasteiger charge is -2.11. The van der Waals surface area contributed by atoms with Crippen LogP contribution in [-0.2, 0) is 0 Å². The third kappa shape index (κ3) is 3.82. The molecule has 2 N–H and O–H groups in total. The molecule has 1 aromatic carbocycles. The second kappa shape index (κ2) is 6.33. The smallest absolute Gasteiger partial charge is 0.145 e. The first-order valence-electron chi connectivity index (χ1n) is 5.73. The Hall–Kier alpha value is -1.18. The van der Waals surface area contributed by atoms with Crippen LogP contribution in [0.4, 0.5) is 5.69 Å². The molecule has 0 heterocycles. The third-order valence-corrected chi connectivity index (χ3v) is 2.49. The van der Waals surface area contributed by atoms with E-state index < -0.39 is 0 Å². The molecular weight excluding hydrogens is 186 g/mol. The van der Waals surface area contributed by atoms with Crippen molar-refractivity contribution in [1.29, 1.82) is 0 Å². The molecule has 0 bridgehead atoms. The van der Waals surface area contributed by atoms with Crippen LogP contribution in [0.5, 0.6) is 5.75 Å². The minimum atomic E-state index is 0.741. The Labute approximate surface area is 92.4 Å². The zero-order chi connectivity index (χ0) is 11.1. The molecule has 1 aromatic rings. The van der Waals surface area contributed by atoms with Crippen LogP contribution in [0, 0.1) is 6.92 Å². The first-order chi connectivity index (χ1) is 7.25. The van der Waals surface area contributed by atoms with Crippen molar-refractivity contribution in [3.8, 4) is 5.75 Å². The summed E-state index contributed by atoms with van der Waals surface area (Å²) in [6, 6.07) is 5.86. The molecule has 0 aliphatic carbocycles. The van der Waals surface area contributed by atoms with Gasteiger partial charge in [0.2, 0.25) is 0 Å². The van der Waals surface area contributed by atoms with E-state index in [1.54, 1.807) is 0 Å². The Morgan fingerprint density at radius 2 is 2.00 bits per heavy atom. The number of para-hydroxylation sites is 1. The molecule has 0 aliphatic heterocycles. The molecule has 0 aromatic heterocycles. The number of unbranched alkanes of at least 4 members (excludes halogenated alkanes) is 3. The van der Waals surface area contributed by atoms with E-state index in [1.807, 2.05) is 25.1 Å². The van der Waals surface area contributed by atoms with E-state index in [-0.39, 0.29) is 0 Å². The van der Waals surface area contributed by atoms with Gasteiger partial charge in [-0.3, -0.25) is 0 Å². The average Bonchev–Trinajstić information content (AvgIpc) is 2.21. The molecule has 0 spiro atoms. The summed E-state index contributed by atoms with van der Waals surface area (Å²) in [7, 11) is 0. The van der Waals surface area contributed by atoms with Gasteiger partial charge < -0.3 is 10.5 Å². The fourth-order valence-corrected chi connectivity index (χ4v) is 1.58. The summed E-state index contributed by atoms with van der Waals surface area (Å²) >= 11 is 0. The van der Waals surface area contributed by atoms with Crippen LogP contribution in [0.15, 0.2) is 18.2 Å². The molecule has 0 fully saturated rings. The molecule has 0 saturated carbocycles. The van der Waals surface area contributed by atoms with Crippen LogP contribution in [0.3, 0.4) is 0 Å². The Morgan fingerprint density at radius 1 is 1.20 bits per heavy atom. The Morgan fingerprint density at radius 3 is 2.67 bits per heavy atom. The number of nitrogen functional groups attached to an aromatic ring is 1. The molecular formula is C13H21NO. The summed E-state index contributed by atoms with van der Waals surface area (Å²) in [5, 5.41) is 0. The topological polar surface area (TPSA) is 35.2 Å². The maximum absolute atomic E-state index is 5.84. The van der Waals surface area contributed by atoms with Gasteiger partial charge in [-0.05, 0) is 25.0 Å². The van der Waals surface area contributed by atoms with E-state index in [1.165, 1.54) is 19.3 Å². The number of rotatable bonds is 6. The zero-order valence-electron chi connectivity index (χ0n) is 9.75. The predicted octanol–water partition coefficient (Wildman–Crippen LogP) is 3.54. The molecule has 0 unspecified atom stereocenters. The number of benzene rings is 1. The van der Waals surface area contributed by atoms with Gasteiger partial charge >= 0.3 is 0 Å². The second-order valence-corrected chi connectivity index (χ2v) is 3.90. The summed E-state index contributed by atoms with van der Waals surface area (Å²) in [5.41, 5.74) is 7.69. The fourth-order valence-electron chi connectivity index (χ4n) is 1.58. The maximum Gasteiger partial charge on any atom is 0.145 e. The van der Waals surface area contributed by atoms with Crippen LogP contribution < -0.4 is 10.5 Å². The molecule has 84 valence electrons. The average molecular weight is 207 g/mol. The van der Waals surface area contributed by atoms with Crippen molar-refractivity contribution in [3.05, 3.63) is 23.8 Å². The van der Waals surface area contributed by atoms with Crippen LogP contribution >= 0.6 is 0 Å². The summed E-state index contributed by atoms with van der Waals surface area (Å²) < 4.78 is 5.69. The minimum Gasteiger partial charge on any atom is -0.491 e. The van der Waals surface area contributed by atoms with Crippen LogP contribution in [0.2, 0.25) is 0 Å². The lowest BCUT2D eigenvalue weighted by Crippen LogP contribution is -2.01. The molecule has 2 heteroatoms. The van der Waals surface area contributed by atoms with E-state index in [2.05, 4.69) is 6.92 Å². The standard InChI is InChI=1S/C13H21NO/c1-3-4-5-6-10-15-13-11(2)8-7-9-12(13)14/h7-9H,3-6,10,14H2,1-2H3.